The molecule has 0 aliphatic carbocycles. The molecule has 0 saturated carbocycles. The minimum atomic E-state index is -2.87. The number of nitrogens with zero attached hydrogens (tertiary/aromatic N) is 1. The van der Waals surface area contributed by atoms with Crippen LogP contribution in [0, 0.1) is 0 Å². The Hall–Kier alpha value is -0.870. The van der Waals surface area contributed by atoms with Crippen molar-refractivity contribution < 1.29 is 13.5 Å². The quantitative estimate of drug-likeness (QED) is 0.838. The van der Waals surface area contributed by atoms with Crippen molar-refractivity contribution in [2.24, 2.45) is 0 Å². The summed E-state index contributed by atoms with van der Waals surface area (Å²) in [5, 5.41) is 0.506. The molecule has 0 N–H and O–H groups in total. The van der Waals surface area contributed by atoms with Gasteiger partial charge in [-0.15, -0.1) is 0 Å². The van der Waals surface area contributed by atoms with E-state index in [1.807, 2.05) is 11.8 Å². The minimum Gasteiger partial charge on any atom is -0.378 e. The molecule has 0 atom stereocenters. The number of hydrogen-bond acceptors (Lipinski definition) is 2. The van der Waals surface area contributed by atoms with E-state index < -0.39 is 5.92 Å². The van der Waals surface area contributed by atoms with Crippen LogP contribution in [-0.4, -0.2) is 26.3 Å². The molecule has 106 valence electrons. The first kappa shape index (κ1) is 14.5. The Bertz CT molecular complexity index is 453. The molecule has 2 rings (SSSR count). The molecule has 1 saturated heterocycles. The Morgan fingerprint density at radius 3 is 2.47 bits per heavy atom. The first-order valence-corrected chi connectivity index (χ1v) is 6.84. The second-order valence-corrected chi connectivity index (χ2v) is 5.24. The number of halogens is 3. The summed E-state index contributed by atoms with van der Waals surface area (Å²) in [5.74, 6) is -2.87. The van der Waals surface area contributed by atoms with Crippen LogP contribution >= 0.6 is 11.6 Å². The Labute approximate surface area is 117 Å². The fourth-order valence-electron chi connectivity index (χ4n) is 2.49. The SMILES string of the molecule is CCc1cc(Cl)cc(N2CCOCC2)c1C(C)(F)F. The highest BCUT2D eigenvalue weighted by Crippen LogP contribution is 2.40. The molecule has 0 unspecified atom stereocenters. The lowest BCUT2D eigenvalue weighted by molar-refractivity contribution is 0.0167. The lowest BCUT2D eigenvalue weighted by atomic mass is 9.97. The molecule has 5 heteroatoms. The lowest BCUT2D eigenvalue weighted by Gasteiger charge is -2.33. The molecule has 1 aliphatic heterocycles. The van der Waals surface area contributed by atoms with Gasteiger partial charge in [0.25, 0.3) is 5.92 Å². The van der Waals surface area contributed by atoms with E-state index in [1.165, 1.54) is 0 Å². The van der Waals surface area contributed by atoms with Gasteiger partial charge < -0.3 is 9.64 Å². The molecule has 0 spiro atoms. The number of alkyl halides is 2. The first-order chi connectivity index (χ1) is 8.93. The molecule has 0 radical (unpaired) electrons. The van der Waals surface area contributed by atoms with Crippen LogP contribution in [0.25, 0.3) is 0 Å². The first-order valence-electron chi connectivity index (χ1n) is 6.47. The van der Waals surface area contributed by atoms with E-state index in [4.69, 9.17) is 16.3 Å². The smallest absolute Gasteiger partial charge is 0.272 e. The van der Waals surface area contributed by atoms with Crippen molar-refractivity contribution in [1.29, 1.82) is 0 Å². The van der Waals surface area contributed by atoms with Gasteiger partial charge in [-0.1, -0.05) is 18.5 Å². The largest absolute Gasteiger partial charge is 0.378 e. The monoisotopic (exact) mass is 289 g/mol. The molecular formula is C14H18ClF2NO. The van der Waals surface area contributed by atoms with Crippen LogP contribution < -0.4 is 4.90 Å². The van der Waals surface area contributed by atoms with E-state index in [0.717, 1.165) is 6.92 Å². The van der Waals surface area contributed by atoms with Crippen LogP contribution in [0.15, 0.2) is 12.1 Å². The van der Waals surface area contributed by atoms with Gasteiger partial charge in [0.15, 0.2) is 0 Å². The van der Waals surface area contributed by atoms with E-state index in [0.29, 0.717) is 49.0 Å². The molecule has 1 heterocycles. The maximum atomic E-state index is 13.9. The average molecular weight is 290 g/mol. The number of hydrogen-bond donors (Lipinski definition) is 0. The number of benzene rings is 1. The molecule has 19 heavy (non-hydrogen) atoms. The van der Waals surface area contributed by atoms with Gasteiger partial charge in [-0.05, 0) is 24.1 Å². The van der Waals surface area contributed by atoms with Crippen molar-refractivity contribution in [2.75, 3.05) is 31.2 Å². The summed E-state index contributed by atoms with van der Waals surface area (Å²) in [7, 11) is 0. The van der Waals surface area contributed by atoms with E-state index in [2.05, 4.69) is 0 Å². The van der Waals surface area contributed by atoms with Gasteiger partial charge in [0.05, 0.1) is 13.2 Å². The number of morpholine rings is 1. The Morgan fingerprint density at radius 1 is 1.32 bits per heavy atom. The summed E-state index contributed by atoms with van der Waals surface area (Å²) in [5.41, 5.74) is 1.25. The van der Waals surface area contributed by atoms with E-state index in [1.54, 1.807) is 12.1 Å². The predicted octanol–water partition coefficient (Wildman–Crippen LogP) is 3.85. The van der Waals surface area contributed by atoms with Gasteiger partial charge in [-0.3, -0.25) is 0 Å². The predicted molar refractivity (Wildman–Crippen MR) is 73.4 cm³/mol. The maximum absolute atomic E-state index is 13.9. The van der Waals surface area contributed by atoms with Gasteiger partial charge in [-0.2, -0.15) is 0 Å². The van der Waals surface area contributed by atoms with Crippen LogP contribution in [0.3, 0.4) is 0 Å². The average Bonchev–Trinajstić information content (AvgIpc) is 2.37. The zero-order valence-corrected chi connectivity index (χ0v) is 11.9. The molecule has 1 aliphatic rings. The summed E-state index contributed by atoms with van der Waals surface area (Å²) in [6, 6.07) is 3.27. The van der Waals surface area contributed by atoms with E-state index >= 15 is 0 Å². The van der Waals surface area contributed by atoms with Crippen LogP contribution in [0.4, 0.5) is 14.5 Å². The third kappa shape index (κ3) is 3.18. The zero-order chi connectivity index (χ0) is 14.0. The van der Waals surface area contributed by atoms with Crippen molar-refractivity contribution in [1.82, 2.24) is 0 Å². The molecule has 2 nitrogen and oxygen atoms in total. The van der Waals surface area contributed by atoms with Crippen molar-refractivity contribution in [3.05, 3.63) is 28.3 Å². The van der Waals surface area contributed by atoms with Gasteiger partial charge in [0.2, 0.25) is 0 Å². The van der Waals surface area contributed by atoms with Crippen molar-refractivity contribution in [3.63, 3.8) is 0 Å². The van der Waals surface area contributed by atoms with E-state index in [-0.39, 0.29) is 5.56 Å². The number of ether oxygens (including phenoxy) is 1. The fourth-order valence-corrected chi connectivity index (χ4v) is 2.72. The normalized spacial score (nSPS) is 16.8. The number of anilines is 1. The second-order valence-electron chi connectivity index (χ2n) is 4.80. The molecule has 0 aromatic heterocycles. The second kappa shape index (κ2) is 5.63. The van der Waals surface area contributed by atoms with Gasteiger partial charge in [0, 0.05) is 36.3 Å². The highest BCUT2D eigenvalue weighted by atomic mass is 35.5. The van der Waals surface area contributed by atoms with Crippen molar-refractivity contribution >= 4 is 17.3 Å². The zero-order valence-electron chi connectivity index (χ0n) is 11.2. The van der Waals surface area contributed by atoms with Gasteiger partial charge >= 0.3 is 0 Å². The Morgan fingerprint density at radius 2 is 1.95 bits per heavy atom. The maximum Gasteiger partial charge on any atom is 0.272 e. The molecule has 1 aromatic rings. The van der Waals surface area contributed by atoms with Crippen molar-refractivity contribution in [3.8, 4) is 0 Å². The topological polar surface area (TPSA) is 12.5 Å². The molecule has 0 bridgehead atoms. The van der Waals surface area contributed by atoms with E-state index in [9.17, 15) is 8.78 Å². The summed E-state index contributed by atoms with van der Waals surface area (Å²) in [4.78, 5) is 1.93. The third-order valence-corrected chi connectivity index (χ3v) is 3.55. The van der Waals surface area contributed by atoms with Crippen LogP contribution in [0.5, 0.6) is 0 Å². The molecule has 0 amide bonds. The van der Waals surface area contributed by atoms with Crippen LogP contribution in [0.1, 0.15) is 25.0 Å². The summed E-state index contributed by atoms with van der Waals surface area (Å²) < 4.78 is 33.2. The van der Waals surface area contributed by atoms with Crippen molar-refractivity contribution in [2.45, 2.75) is 26.2 Å². The number of rotatable bonds is 3. The summed E-state index contributed by atoms with van der Waals surface area (Å²) in [6.45, 7) is 5.16. The Balaban J connectivity index is 2.53. The van der Waals surface area contributed by atoms with Crippen LogP contribution in [-0.2, 0) is 17.1 Å². The third-order valence-electron chi connectivity index (χ3n) is 3.34. The fraction of sp³-hybridized carbons (Fsp3) is 0.571. The van der Waals surface area contributed by atoms with Gasteiger partial charge in [-0.25, -0.2) is 8.78 Å². The molecular weight excluding hydrogens is 272 g/mol. The molecule has 1 aromatic carbocycles. The highest BCUT2D eigenvalue weighted by Gasteiger charge is 2.32. The standard InChI is InChI=1S/C14H18ClF2NO/c1-3-10-8-11(15)9-12(13(10)14(2,16)17)18-4-6-19-7-5-18/h8-9H,3-7H2,1-2H3. The van der Waals surface area contributed by atoms with Gasteiger partial charge in [0.1, 0.15) is 0 Å². The number of aryl methyl sites for hydroxylation is 1. The summed E-state index contributed by atoms with van der Waals surface area (Å²) >= 11 is 6.07. The lowest BCUT2D eigenvalue weighted by Crippen LogP contribution is -2.37. The highest BCUT2D eigenvalue weighted by molar-refractivity contribution is 6.31. The van der Waals surface area contributed by atoms with Crippen LogP contribution in [0.2, 0.25) is 5.02 Å². The Kier molecular flexibility index (Phi) is 4.31. The minimum absolute atomic E-state index is 0.0984. The summed E-state index contributed by atoms with van der Waals surface area (Å²) in [6.07, 6.45) is 0.538. The molecule has 1 fully saturated rings.